The van der Waals surface area contributed by atoms with Gasteiger partial charge < -0.3 is 19.1 Å². The third kappa shape index (κ3) is 5.03. The van der Waals surface area contributed by atoms with Gasteiger partial charge in [0.25, 0.3) is 0 Å². The predicted molar refractivity (Wildman–Crippen MR) is 115 cm³/mol. The lowest BCUT2D eigenvalue weighted by molar-refractivity contribution is 0.168. The molecule has 0 radical (unpaired) electrons. The number of hydrogen-bond acceptors (Lipinski definition) is 4. The van der Waals surface area contributed by atoms with Gasteiger partial charge in [0.2, 0.25) is 6.79 Å². The van der Waals surface area contributed by atoms with Crippen molar-refractivity contribution < 1.29 is 14.2 Å². The third-order valence-corrected chi connectivity index (χ3v) is 5.25. The lowest BCUT2D eigenvalue weighted by Crippen LogP contribution is -2.22. The van der Waals surface area contributed by atoms with E-state index in [-0.39, 0.29) is 12.9 Å². The quantitative estimate of drug-likeness (QED) is 0.476. The molecule has 1 atom stereocenters. The van der Waals surface area contributed by atoms with Crippen LogP contribution in [0.3, 0.4) is 0 Å². The molecule has 0 fully saturated rings. The molecule has 3 aromatic carbocycles. The van der Waals surface area contributed by atoms with Crippen LogP contribution in [0.1, 0.15) is 23.7 Å². The summed E-state index contributed by atoms with van der Waals surface area (Å²) in [6.45, 7) is 2.02. The summed E-state index contributed by atoms with van der Waals surface area (Å²) in [5, 5.41) is 0.607. The van der Waals surface area contributed by atoms with Gasteiger partial charge in [0.05, 0.1) is 5.02 Å². The summed E-state index contributed by atoms with van der Waals surface area (Å²) in [6, 6.07) is 24.0. The average molecular weight is 410 g/mol. The van der Waals surface area contributed by atoms with Gasteiger partial charge in [-0.05, 0) is 42.4 Å². The summed E-state index contributed by atoms with van der Waals surface area (Å²) in [6.07, 6.45) is 0.663. The summed E-state index contributed by atoms with van der Waals surface area (Å²) in [5.74, 6) is 2.21. The normalized spacial score (nSPS) is 13.5. The van der Waals surface area contributed by atoms with Gasteiger partial charge in [-0.1, -0.05) is 60.1 Å². The molecule has 5 heteroatoms. The fraction of sp³-hybridized carbons (Fsp3) is 0.250. The Bertz CT molecular complexity index is 948. The summed E-state index contributed by atoms with van der Waals surface area (Å²) in [7, 11) is 2.12. The molecule has 0 aliphatic carbocycles. The minimum absolute atomic E-state index is 0.150. The van der Waals surface area contributed by atoms with E-state index in [1.54, 1.807) is 0 Å². The number of para-hydroxylation sites is 1. The van der Waals surface area contributed by atoms with E-state index < -0.39 is 0 Å². The summed E-state index contributed by atoms with van der Waals surface area (Å²) >= 11 is 6.34. The Morgan fingerprint density at radius 3 is 2.55 bits per heavy atom. The summed E-state index contributed by atoms with van der Waals surface area (Å²) in [4.78, 5) is 2.30. The Labute approximate surface area is 176 Å². The van der Waals surface area contributed by atoms with Crippen molar-refractivity contribution in [2.45, 2.75) is 19.1 Å². The van der Waals surface area contributed by atoms with Crippen LogP contribution in [0.15, 0.2) is 72.8 Å². The second-order valence-corrected chi connectivity index (χ2v) is 7.57. The second kappa shape index (κ2) is 9.21. The summed E-state index contributed by atoms with van der Waals surface area (Å²) < 4.78 is 17.3. The molecule has 4 nitrogen and oxygen atoms in total. The highest BCUT2D eigenvalue weighted by molar-refractivity contribution is 6.32. The number of benzene rings is 3. The molecule has 1 aliphatic rings. The van der Waals surface area contributed by atoms with E-state index in [4.69, 9.17) is 25.8 Å². The van der Waals surface area contributed by atoms with E-state index in [0.717, 1.165) is 36.6 Å². The van der Waals surface area contributed by atoms with Gasteiger partial charge in [-0.3, -0.25) is 0 Å². The number of ether oxygens (including phenoxy) is 3. The van der Waals surface area contributed by atoms with Crippen LogP contribution in [0.4, 0.5) is 0 Å². The smallest absolute Gasteiger partial charge is 0.231 e. The lowest BCUT2D eigenvalue weighted by atomic mass is 10.0. The first-order valence-electron chi connectivity index (χ1n) is 9.72. The highest BCUT2D eigenvalue weighted by Gasteiger charge is 2.20. The number of rotatable bonds is 8. The zero-order chi connectivity index (χ0) is 20.1. The molecule has 0 bridgehead atoms. The molecule has 0 amide bonds. The van der Waals surface area contributed by atoms with Crippen LogP contribution in [-0.2, 0) is 6.54 Å². The van der Waals surface area contributed by atoms with Gasteiger partial charge in [-0.25, -0.2) is 0 Å². The van der Waals surface area contributed by atoms with Crippen LogP contribution in [0.5, 0.6) is 17.2 Å². The minimum atomic E-state index is -0.150. The first kappa shape index (κ1) is 19.6. The molecular weight excluding hydrogens is 386 g/mol. The van der Waals surface area contributed by atoms with Gasteiger partial charge in [-0.2, -0.15) is 0 Å². The van der Waals surface area contributed by atoms with Gasteiger partial charge in [-0.15, -0.1) is 0 Å². The topological polar surface area (TPSA) is 30.9 Å². The Morgan fingerprint density at radius 2 is 1.72 bits per heavy atom. The molecule has 3 aromatic rings. The molecular formula is C24H24ClNO3. The third-order valence-electron chi connectivity index (χ3n) is 4.94. The fourth-order valence-corrected chi connectivity index (χ4v) is 3.59. The van der Waals surface area contributed by atoms with E-state index in [9.17, 15) is 0 Å². The van der Waals surface area contributed by atoms with Crippen molar-refractivity contribution in [2.24, 2.45) is 0 Å². The molecule has 0 saturated heterocycles. The van der Waals surface area contributed by atoms with Crippen LogP contribution in [-0.4, -0.2) is 25.3 Å². The van der Waals surface area contributed by atoms with Crippen molar-refractivity contribution in [3.05, 3.63) is 88.9 Å². The second-order valence-electron chi connectivity index (χ2n) is 7.16. The van der Waals surface area contributed by atoms with Crippen molar-refractivity contribution in [2.75, 3.05) is 20.4 Å². The van der Waals surface area contributed by atoms with Crippen LogP contribution in [0, 0.1) is 0 Å². The summed E-state index contributed by atoms with van der Waals surface area (Å²) in [5.41, 5.74) is 2.34. The molecule has 1 aliphatic heterocycles. The molecule has 1 heterocycles. The average Bonchev–Trinajstić information content (AvgIpc) is 3.21. The Morgan fingerprint density at radius 1 is 0.966 bits per heavy atom. The van der Waals surface area contributed by atoms with Crippen molar-refractivity contribution in [1.29, 1.82) is 0 Å². The Kier molecular flexibility index (Phi) is 6.23. The predicted octanol–water partition coefficient (Wildman–Crippen LogP) is 5.71. The highest BCUT2D eigenvalue weighted by Crippen LogP contribution is 2.37. The Hall–Kier alpha value is -2.69. The molecule has 29 heavy (non-hydrogen) atoms. The maximum absolute atomic E-state index is 6.34. The molecule has 150 valence electrons. The van der Waals surface area contributed by atoms with Gasteiger partial charge >= 0.3 is 0 Å². The lowest BCUT2D eigenvalue weighted by Gasteiger charge is -2.24. The van der Waals surface area contributed by atoms with Crippen LogP contribution < -0.4 is 14.2 Å². The van der Waals surface area contributed by atoms with E-state index in [1.165, 1.54) is 5.56 Å². The molecule has 0 N–H and O–H groups in total. The standard InChI is InChI=1S/C24H24ClNO3/c1-26(16-18-7-3-2-4-8-18)14-13-21(29-22-10-6-5-9-20(22)25)19-11-12-23-24(15-19)28-17-27-23/h2-12,15,21H,13-14,16-17H2,1H3. The molecule has 1 unspecified atom stereocenters. The van der Waals surface area contributed by atoms with Gasteiger partial charge in [0.15, 0.2) is 11.5 Å². The number of nitrogens with zero attached hydrogens (tertiary/aromatic N) is 1. The van der Waals surface area contributed by atoms with Gasteiger partial charge in [0.1, 0.15) is 11.9 Å². The Balaban J connectivity index is 1.49. The van der Waals surface area contributed by atoms with Gasteiger partial charge in [0, 0.05) is 19.5 Å². The van der Waals surface area contributed by atoms with Crippen molar-refractivity contribution in [3.8, 4) is 17.2 Å². The van der Waals surface area contributed by atoms with Crippen molar-refractivity contribution in [3.63, 3.8) is 0 Å². The maximum atomic E-state index is 6.34. The van der Waals surface area contributed by atoms with Crippen molar-refractivity contribution >= 4 is 11.6 Å². The van der Waals surface area contributed by atoms with Crippen LogP contribution in [0.2, 0.25) is 5.02 Å². The SMILES string of the molecule is CN(CCC(Oc1ccccc1Cl)c1ccc2c(c1)OCO2)Cc1ccccc1. The zero-order valence-corrected chi connectivity index (χ0v) is 17.1. The number of fused-ring (bicyclic) bond motifs is 1. The van der Waals surface area contributed by atoms with E-state index in [2.05, 4.69) is 36.2 Å². The van der Waals surface area contributed by atoms with Crippen LogP contribution >= 0.6 is 11.6 Å². The molecule has 0 saturated carbocycles. The first-order chi connectivity index (χ1) is 14.2. The van der Waals surface area contributed by atoms with Crippen molar-refractivity contribution in [1.82, 2.24) is 4.90 Å². The molecule has 0 spiro atoms. The maximum Gasteiger partial charge on any atom is 0.231 e. The van der Waals surface area contributed by atoms with E-state index in [0.29, 0.717) is 10.8 Å². The molecule has 4 rings (SSSR count). The monoisotopic (exact) mass is 409 g/mol. The van der Waals surface area contributed by atoms with E-state index in [1.807, 2.05) is 48.5 Å². The number of hydrogen-bond donors (Lipinski definition) is 0. The fourth-order valence-electron chi connectivity index (χ4n) is 3.41. The van der Waals surface area contributed by atoms with E-state index >= 15 is 0 Å². The van der Waals surface area contributed by atoms with Crippen LogP contribution in [0.25, 0.3) is 0 Å². The minimum Gasteiger partial charge on any atom is -0.484 e. The number of halogens is 1. The molecule has 0 aromatic heterocycles. The largest absolute Gasteiger partial charge is 0.484 e. The zero-order valence-electron chi connectivity index (χ0n) is 16.4. The highest BCUT2D eigenvalue weighted by atomic mass is 35.5. The first-order valence-corrected chi connectivity index (χ1v) is 10.1.